The number of rotatable bonds is 5. The minimum Gasteiger partial charge on any atom is -0.481 e. The smallest absolute Gasteiger partial charge is 0.308 e. The normalized spacial score (nSPS) is 21.8. The van der Waals surface area contributed by atoms with Crippen LogP contribution in [0, 0.1) is 5.92 Å². The van der Waals surface area contributed by atoms with Gasteiger partial charge in [0, 0.05) is 26.1 Å². The lowest BCUT2D eigenvalue weighted by Gasteiger charge is -2.30. The van der Waals surface area contributed by atoms with Crippen LogP contribution in [0.2, 0.25) is 0 Å². The van der Waals surface area contributed by atoms with Gasteiger partial charge in [0.2, 0.25) is 5.91 Å². The van der Waals surface area contributed by atoms with E-state index in [1.165, 1.54) is 0 Å². The molecule has 15 heavy (non-hydrogen) atoms. The molecule has 0 aromatic heterocycles. The highest BCUT2D eigenvalue weighted by molar-refractivity contribution is 5.80. The number of hydrogen-bond acceptors (Lipinski definition) is 3. The van der Waals surface area contributed by atoms with Gasteiger partial charge in [0.25, 0.3) is 0 Å². The predicted molar refractivity (Wildman–Crippen MR) is 53.4 cm³/mol. The predicted octanol–water partition coefficient (Wildman–Crippen LogP) is 0.346. The van der Waals surface area contributed by atoms with Crippen LogP contribution in [0.3, 0.4) is 0 Å². The lowest BCUT2D eigenvalue weighted by atomic mass is 9.98. The molecule has 1 rings (SSSR count). The van der Waals surface area contributed by atoms with Crippen LogP contribution in [0.25, 0.3) is 0 Å². The zero-order chi connectivity index (χ0) is 11.3. The maximum absolute atomic E-state index is 11.4. The van der Waals surface area contributed by atoms with E-state index in [0.29, 0.717) is 39.1 Å². The van der Waals surface area contributed by atoms with Gasteiger partial charge in [-0.1, -0.05) is 0 Å². The topological polar surface area (TPSA) is 66.8 Å². The molecular weight excluding hydrogens is 198 g/mol. The SMILES string of the molecule is CCOCCN1CC(C(=O)O)CCC1=O. The second-order valence-electron chi connectivity index (χ2n) is 3.61. The molecule has 1 unspecified atom stereocenters. The van der Waals surface area contributed by atoms with Crippen LogP contribution in [0.1, 0.15) is 19.8 Å². The quantitative estimate of drug-likeness (QED) is 0.672. The van der Waals surface area contributed by atoms with E-state index >= 15 is 0 Å². The van der Waals surface area contributed by atoms with E-state index in [1.54, 1.807) is 4.90 Å². The van der Waals surface area contributed by atoms with Crippen molar-refractivity contribution in [2.45, 2.75) is 19.8 Å². The van der Waals surface area contributed by atoms with Crippen LogP contribution in [0.4, 0.5) is 0 Å². The number of amides is 1. The Morgan fingerprint density at radius 1 is 1.67 bits per heavy atom. The van der Waals surface area contributed by atoms with Crippen LogP contribution < -0.4 is 0 Å². The Bertz CT molecular complexity index is 242. The van der Waals surface area contributed by atoms with Crippen LogP contribution in [-0.2, 0) is 14.3 Å². The molecule has 1 amide bonds. The molecule has 0 aromatic carbocycles. The summed E-state index contributed by atoms with van der Waals surface area (Å²) in [6.07, 6.45) is 0.794. The minimum absolute atomic E-state index is 0.0344. The number of carbonyl (C=O) groups excluding carboxylic acids is 1. The number of hydrogen-bond donors (Lipinski definition) is 1. The largest absolute Gasteiger partial charge is 0.481 e. The number of carbonyl (C=O) groups is 2. The average Bonchev–Trinajstić information content (AvgIpc) is 2.20. The first-order valence-electron chi connectivity index (χ1n) is 5.23. The Morgan fingerprint density at radius 3 is 3.00 bits per heavy atom. The molecule has 1 atom stereocenters. The molecule has 1 heterocycles. The van der Waals surface area contributed by atoms with E-state index in [-0.39, 0.29) is 5.91 Å². The number of carboxylic acids is 1. The molecular formula is C10H17NO4. The number of carboxylic acid groups (broad SMARTS) is 1. The van der Waals surface area contributed by atoms with Crippen LogP contribution in [0.5, 0.6) is 0 Å². The standard InChI is InChI=1S/C10H17NO4/c1-2-15-6-5-11-7-8(10(13)14)3-4-9(11)12/h8H,2-7H2,1H3,(H,13,14). The Morgan fingerprint density at radius 2 is 2.40 bits per heavy atom. The molecule has 0 spiro atoms. The fourth-order valence-electron chi connectivity index (χ4n) is 1.65. The first-order chi connectivity index (χ1) is 7.15. The van der Waals surface area contributed by atoms with E-state index < -0.39 is 11.9 Å². The third-order valence-corrected chi connectivity index (χ3v) is 2.56. The molecule has 1 fully saturated rings. The summed E-state index contributed by atoms with van der Waals surface area (Å²) in [7, 11) is 0. The van der Waals surface area contributed by atoms with E-state index in [2.05, 4.69) is 0 Å². The molecule has 0 radical (unpaired) electrons. The van der Waals surface area contributed by atoms with E-state index in [1.807, 2.05) is 6.92 Å². The summed E-state index contributed by atoms with van der Waals surface area (Å²) < 4.78 is 5.14. The van der Waals surface area contributed by atoms with Gasteiger partial charge in [-0.05, 0) is 13.3 Å². The zero-order valence-electron chi connectivity index (χ0n) is 8.94. The van der Waals surface area contributed by atoms with Crippen LogP contribution in [0.15, 0.2) is 0 Å². The highest BCUT2D eigenvalue weighted by Crippen LogP contribution is 2.17. The molecule has 1 N–H and O–H groups in total. The van der Waals surface area contributed by atoms with E-state index in [9.17, 15) is 9.59 Å². The van der Waals surface area contributed by atoms with Gasteiger partial charge in [-0.3, -0.25) is 9.59 Å². The third kappa shape index (κ3) is 3.51. The van der Waals surface area contributed by atoms with Crippen molar-refractivity contribution in [3.63, 3.8) is 0 Å². The minimum atomic E-state index is -0.816. The number of piperidine rings is 1. The van der Waals surface area contributed by atoms with Crippen molar-refractivity contribution in [3.8, 4) is 0 Å². The number of aliphatic carboxylic acids is 1. The van der Waals surface area contributed by atoms with E-state index in [4.69, 9.17) is 9.84 Å². The van der Waals surface area contributed by atoms with Crippen molar-refractivity contribution in [3.05, 3.63) is 0 Å². The first kappa shape index (κ1) is 12.0. The molecule has 1 aliphatic heterocycles. The second-order valence-corrected chi connectivity index (χ2v) is 3.61. The van der Waals surface area contributed by atoms with Gasteiger partial charge in [-0.2, -0.15) is 0 Å². The van der Waals surface area contributed by atoms with Gasteiger partial charge in [-0.25, -0.2) is 0 Å². The molecule has 0 bridgehead atoms. The summed E-state index contributed by atoms with van der Waals surface area (Å²) in [6, 6.07) is 0. The highest BCUT2D eigenvalue weighted by Gasteiger charge is 2.29. The van der Waals surface area contributed by atoms with Gasteiger partial charge in [0.05, 0.1) is 12.5 Å². The summed E-state index contributed by atoms with van der Waals surface area (Å²) in [6.45, 7) is 3.80. The fourth-order valence-corrected chi connectivity index (χ4v) is 1.65. The lowest BCUT2D eigenvalue weighted by Crippen LogP contribution is -2.44. The van der Waals surface area contributed by atoms with Crippen LogP contribution in [-0.4, -0.2) is 48.2 Å². The summed E-state index contributed by atoms with van der Waals surface area (Å²) in [5.41, 5.74) is 0. The van der Waals surface area contributed by atoms with Gasteiger partial charge < -0.3 is 14.7 Å². The summed E-state index contributed by atoms with van der Waals surface area (Å²) in [5.74, 6) is -1.19. The van der Waals surface area contributed by atoms with Crippen molar-refractivity contribution in [2.24, 2.45) is 5.92 Å². The highest BCUT2D eigenvalue weighted by atomic mass is 16.5. The van der Waals surface area contributed by atoms with Crippen molar-refractivity contribution in [2.75, 3.05) is 26.3 Å². The Kier molecular flexibility index (Phi) is 4.55. The van der Waals surface area contributed by atoms with Crippen LogP contribution >= 0.6 is 0 Å². The summed E-state index contributed by atoms with van der Waals surface area (Å²) in [4.78, 5) is 23.8. The molecule has 0 saturated carbocycles. The average molecular weight is 215 g/mol. The Labute approximate surface area is 89.0 Å². The first-order valence-corrected chi connectivity index (χ1v) is 5.23. The number of ether oxygens (including phenoxy) is 1. The molecule has 1 aliphatic rings. The maximum Gasteiger partial charge on any atom is 0.308 e. The van der Waals surface area contributed by atoms with Crippen molar-refractivity contribution in [1.82, 2.24) is 4.90 Å². The van der Waals surface area contributed by atoms with Gasteiger partial charge in [0.1, 0.15) is 0 Å². The molecule has 5 nitrogen and oxygen atoms in total. The van der Waals surface area contributed by atoms with Crippen molar-refractivity contribution < 1.29 is 19.4 Å². The summed E-state index contributed by atoms with van der Waals surface area (Å²) in [5, 5.41) is 8.84. The zero-order valence-corrected chi connectivity index (χ0v) is 8.94. The summed E-state index contributed by atoms with van der Waals surface area (Å²) >= 11 is 0. The molecule has 0 aromatic rings. The molecule has 86 valence electrons. The lowest BCUT2D eigenvalue weighted by molar-refractivity contribution is -0.147. The Hall–Kier alpha value is -1.10. The third-order valence-electron chi connectivity index (χ3n) is 2.56. The molecule has 5 heteroatoms. The van der Waals surface area contributed by atoms with Crippen molar-refractivity contribution in [1.29, 1.82) is 0 Å². The molecule has 1 saturated heterocycles. The second kappa shape index (κ2) is 5.70. The fraction of sp³-hybridized carbons (Fsp3) is 0.800. The molecule has 0 aliphatic carbocycles. The van der Waals surface area contributed by atoms with Gasteiger partial charge >= 0.3 is 5.97 Å². The van der Waals surface area contributed by atoms with Gasteiger partial charge in [0.15, 0.2) is 0 Å². The van der Waals surface area contributed by atoms with E-state index in [0.717, 1.165) is 0 Å². The maximum atomic E-state index is 11.4. The van der Waals surface area contributed by atoms with Crippen molar-refractivity contribution >= 4 is 11.9 Å². The number of nitrogens with zero attached hydrogens (tertiary/aromatic N) is 1. The number of likely N-dealkylation sites (tertiary alicyclic amines) is 1. The Balaban J connectivity index is 2.39. The monoisotopic (exact) mass is 215 g/mol. The van der Waals surface area contributed by atoms with Gasteiger partial charge in [-0.15, -0.1) is 0 Å².